The molecule has 0 aliphatic carbocycles. The molecule has 1 aliphatic rings. The average Bonchev–Trinajstić information content (AvgIpc) is 2.69. The molecule has 20 heavy (non-hydrogen) atoms. The van der Waals surface area contributed by atoms with Crippen molar-refractivity contribution in [1.82, 2.24) is 4.98 Å². The minimum atomic E-state index is -0.546. The first-order chi connectivity index (χ1) is 9.77. The standard InChI is InChI=1S/C16H18N2O2/c1-12(19)13-6-4-9-17-16(13)18-10-5-11-20-15-8-3-2-7-14(15)18/h2-4,6-9,12,19H,5,10-11H2,1H3/t12-/m1/s1. The highest BCUT2D eigenvalue weighted by Crippen LogP contribution is 2.37. The summed E-state index contributed by atoms with van der Waals surface area (Å²) in [6, 6.07) is 11.7. The fourth-order valence-electron chi connectivity index (χ4n) is 2.51. The number of aliphatic hydroxyl groups excluding tert-OH is 1. The Morgan fingerprint density at radius 1 is 1.25 bits per heavy atom. The van der Waals surface area contributed by atoms with Gasteiger partial charge in [0.05, 0.1) is 18.4 Å². The third-order valence-electron chi connectivity index (χ3n) is 3.46. The molecular formula is C16H18N2O2. The summed E-state index contributed by atoms with van der Waals surface area (Å²) in [5.74, 6) is 1.67. The van der Waals surface area contributed by atoms with Gasteiger partial charge in [-0.3, -0.25) is 0 Å². The maximum atomic E-state index is 9.96. The van der Waals surface area contributed by atoms with Crippen LogP contribution in [0.15, 0.2) is 42.6 Å². The maximum absolute atomic E-state index is 9.96. The van der Waals surface area contributed by atoms with Crippen molar-refractivity contribution in [3.8, 4) is 5.75 Å². The van der Waals surface area contributed by atoms with Gasteiger partial charge in [0.2, 0.25) is 0 Å². The van der Waals surface area contributed by atoms with Crippen molar-refractivity contribution in [2.75, 3.05) is 18.1 Å². The molecule has 1 aromatic carbocycles. The minimum Gasteiger partial charge on any atom is -0.491 e. The van der Waals surface area contributed by atoms with E-state index in [1.165, 1.54) is 0 Å². The molecule has 0 saturated heterocycles. The predicted molar refractivity (Wildman–Crippen MR) is 78.4 cm³/mol. The van der Waals surface area contributed by atoms with Gasteiger partial charge in [0.1, 0.15) is 11.6 Å². The third-order valence-corrected chi connectivity index (χ3v) is 3.46. The van der Waals surface area contributed by atoms with Crippen LogP contribution in [0, 0.1) is 0 Å². The Morgan fingerprint density at radius 3 is 2.95 bits per heavy atom. The molecule has 3 rings (SSSR count). The van der Waals surface area contributed by atoms with Gasteiger partial charge in [-0.05, 0) is 31.5 Å². The van der Waals surface area contributed by atoms with Gasteiger partial charge in [0.15, 0.2) is 0 Å². The Morgan fingerprint density at radius 2 is 2.10 bits per heavy atom. The molecule has 2 heterocycles. The first kappa shape index (κ1) is 12.9. The van der Waals surface area contributed by atoms with Crippen LogP contribution in [0.2, 0.25) is 0 Å². The van der Waals surface area contributed by atoms with E-state index in [4.69, 9.17) is 4.74 Å². The fourth-order valence-corrected chi connectivity index (χ4v) is 2.51. The van der Waals surface area contributed by atoms with Crippen LogP contribution in [-0.4, -0.2) is 23.2 Å². The lowest BCUT2D eigenvalue weighted by atomic mass is 10.1. The molecule has 0 unspecified atom stereocenters. The largest absolute Gasteiger partial charge is 0.491 e. The SMILES string of the molecule is C[C@@H](O)c1cccnc1N1CCCOc2ccccc21. The first-order valence-electron chi connectivity index (χ1n) is 6.89. The second-order valence-corrected chi connectivity index (χ2v) is 4.91. The quantitative estimate of drug-likeness (QED) is 0.911. The van der Waals surface area contributed by atoms with Crippen LogP contribution >= 0.6 is 0 Å². The van der Waals surface area contributed by atoms with Crippen molar-refractivity contribution in [2.45, 2.75) is 19.4 Å². The lowest BCUT2D eigenvalue weighted by Crippen LogP contribution is -2.21. The molecule has 0 amide bonds. The molecule has 0 spiro atoms. The molecule has 104 valence electrons. The summed E-state index contributed by atoms with van der Waals surface area (Å²) in [5.41, 5.74) is 1.84. The predicted octanol–water partition coefficient (Wildman–Crippen LogP) is 3.06. The molecule has 2 aromatic rings. The fraction of sp³-hybridized carbons (Fsp3) is 0.312. The number of aromatic nitrogens is 1. The number of rotatable bonds is 2. The third kappa shape index (κ3) is 2.34. The van der Waals surface area contributed by atoms with Gasteiger partial charge in [0.25, 0.3) is 0 Å². The van der Waals surface area contributed by atoms with Crippen LogP contribution in [0.3, 0.4) is 0 Å². The molecule has 1 N–H and O–H groups in total. The van der Waals surface area contributed by atoms with Crippen molar-refractivity contribution < 1.29 is 9.84 Å². The summed E-state index contributed by atoms with van der Waals surface area (Å²) in [5, 5.41) is 9.96. The van der Waals surface area contributed by atoms with E-state index >= 15 is 0 Å². The highest BCUT2D eigenvalue weighted by Gasteiger charge is 2.21. The van der Waals surface area contributed by atoms with Crippen molar-refractivity contribution in [3.63, 3.8) is 0 Å². The molecule has 1 aliphatic heterocycles. The van der Waals surface area contributed by atoms with Gasteiger partial charge < -0.3 is 14.7 Å². The number of nitrogens with zero attached hydrogens (tertiary/aromatic N) is 2. The van der Waals surface area contributed by atoms with Gasteiger partial charge in [-0.2, -0.15) is 0 Å². The molecule has 1 atom stereocenters. The highest BCUT2D eigenvalue weighted by molar-refractivity contribution is 5.69. The van der Waals surface area contributed by atoms with Crippen molar-refractivity contribution >= 4 is 11.5 Å². The van der Waals surface area contributed by atoms with Crippen LogP contribution in [0.5, 0.6) is 5.75 Å². The van der Waals surface area contributed by atoms with Crippen molar-refractivity contribution in [1.29, 1.82) is 0 Å². The van der Waals surface area contributed by atoms with Crippen LogP contribution in [0.1, 0.15) is 25.0 Å². The molecule has 1 aromatic heterocycles. The topological polar surface area (TPSA) is 45.6 Å². The first-order valence-corrected chi connectivity index (χ1v) is 6.89. The summed E-state index contributed by atoms with van der Waals surface area (Å²) < 4.78 is 5.77. The Bertz CT molecular complexity index is 599. The van der Waals surface area contributed by atoms with E-state index < -0.39 is 6.10 Å². The normalized spacial score (nSPS) is 16.0. The van der Waals surface area contributed by atoms with E-state index in [1.807, 2.05) is 36.4 Å². The molecule has 4 heteroatoms. The van der Waals surface area contributed by atoms with Crippen molar-refractivity contribution in [2.24, 2.45) is 0 Å². The zero-order valence-electron chi connectivity index (χ0n) is 11.5. The Kier molecular flexibility index (Phi) is 3.56. The van der Waals surface area contributed by atoms with E-state index in [1.54, 1.807) is 13.1 Å². The van der Waals surface area contributed by atoms with Crippen LogP contribution in [-0.2, 0) is 0 Å². The number of hydrogen-bond donors (Lipinski definition) is 1. The van der Waals surface area contributed by atoms with Crippen LogP contribution in [0.4, 0.5) is 11.5 Å². The number of pyridine rings is 1. The zero-order chi connectivity index (χ0) is 13.9. The summed E-state index contributed by atoms with van der Waals surface area (Å²) in [4.78, 5) is 6.60. The van der Waals surface area contributed by atoms with Gasteiger partial charge in [-0.15, -0.1) is 0 Å². The number of hydrogen-bond acceptors (Lipinski definition) is 4. The average molecular weight is 270 g/mol. The molecule has 0 fully saturated rings. The number of ether oxygens (including phenoxy) is 1. The van der Waals surface area contributed by atoms with E-state index in [9.17, 15) is 5.11 Å². The summed E-state index contributed by atoms with van der Waals surface area (Å²) >= 11 is 0. The van der Waals surface area contributed by atoms with Crippen molar-refractivity contribution in [3.05, 3.63) is 48.2 Å². The monoisotopic (exact) mass is 270 g/mol. The summed E-state index contributed by atoms with van der Waals surface area (Å²) in [7, 11) is 0. The number of benzene rings is 1. The van der Waals surface area contributed by atoms with Gasteiger partial charge in [-0.25, -0.2) is 4.98 Å². The summed E-state index contributed by atoms with van der Waals surface area (Å²) in [6.45, 7) is 3.29. The number of anilines is 2. The van der Waals surface area contributed by atoms with E-state index in [0.717, 1.165) is 35.8 Å². The molecule has 4 nitrogen and oxygen atoms in total. The minimum absolute atomic E-state index is 0.546. The number of para-hydroxylation sites is 2. The van der Waals surface area contributed by atoms with Gasteiger partial charge >= 0.3 is 0 Å². The molecule has 0 saturated carbocycles. The van der Waals surface area contributed by atoms with E-state index in [-0.39, 0.29) is 0 Å². The Labute approximate surface area is 118 Å². The second-order valence-electron chi connectivity index (χ2n) is 4.91. The lowest BCUT2D eigenvalue weighted by Gasteiger charge is -2.25. The Hall–Kier alpha value is -2.07. The van der Waals surface area contributed by atoms with Crippen LogP contribution in [0.25, 0.3) is 0 Å². The maximum Gasteiger partial charge on any atom is 0.142 e. The molecule has 0 radical (unpaired) electrons. The molecular weight excluding hydrogens is 252 g/mol. The Balaban J connectivity index is 2.10. The van der Waals surface area contributed by atoms with E-state index in [0.29, 0.717) is 6.61 Å². The van der Waals surface area contributed by atoms with Gasteiger partial charge in [0, 0.05) is 18.3 Å². The number of aliphatic hydroxyl groups is 1. The number of fused-ring (bicyclic) bond motifs is 1. The smallest absolute Gasteiger partial charge is 0.142 e. The second kappa shape index (κ2) is 5.51. The zero-order valence-corrected chi connectivity index (χ0v) is 11.5. The summed E-state index contributed by atoms with van der Waals surface area (Å²) in [6.07, 6.45) is 2.13. The van der Waals surface area contributed by atoms with E-state index in [2.05, 4.69) is 9.88 Å². The highest BCUT2D eigenvalue weighted by atomic mass is 16.5. The van der Waals surface area contributed by atoms with Crippen LogP contribution < -0.4 is 9.64 Å². The lowest BCUT2D eigenvalue weighted by molar-refractivity contribution is 0.199. The van der Waals surface area contributed by atoms with Gasteiger partial charge in [-0.1, -0.05) is 18.2 Å². The molecule has 0 bridgehead atoms.